The lowest BCUT2D eigenvalue weighted by molar-refractivity contribution is -0.139. The van der Waals surface area contributed by atoms with Gasteiger partial charge in [-0.3, -0.25) is 14.5 Å². The third kappa shape index (κ3) is 8.03. The van der Waals surface area contributed by atoms with Crippen LogP contribution < -0.4 is 10.2 Å². The van der Waals surface area contributed by atoms with Gasteiger partial charge >= 0.3 is 5.97 Å². The molecular weight excluding hydrogens is 458 g/mol. The number of hydrogen-bond donors (Lipinski definition) is 2. The van der Waals surface area contributed by atoms with Crippen LogP contribution in [0.15, 0.2) is 18.2 Å². The third-order valence-corrected chi connectivity index (χ3v) is 7.23. The lowest BCUT2D eigenvalue weighted by Gasteiger charge is -2.36. The molecule has 0 radical (unpaired) electrons. The zero-order chi connectivity index (χ0) is 26.1. The largest absolute Gasteiger partial charge is 0.480 e. The van der Waals surface area contributed by atoms with E-state index in [2.05, 4.69) is 10.2 Å². The molecule has 1 atom stereocenters. The standard InChI is InChI=1S/C28H43N3O5/c1-20(2)17-25(28(34)35)29-27(33)22-9-10-26-23(18-22)19-30(24-11-15-36-16-12-24)13-7-5-4-6-8-14-31(26)21(3)32/h9-10,18,20,24-25H,4-8,11-17,19H2,1-3H3,(H,29,33)(H,34,35)/t25-/m0/s1. The SMILES string of the molecule is CC(=O)N1CCCCCCCN(C2CCOCC2)Cc2cc(C(=O)N[C@@H](CC(C)C)C(=O)O)ccc21. The molecule has 0 bridgehead atoms. The quantitative estimate of drug-likeness (QED) is 0.606. The van der Waals surface area contributed by atoms with Gasteiger partial charge in [0.15, 0.2) is 0 Å². The van der Waals surface area contributed by atoms with Crippen LogP contribution in [-0.2, 0) is 20.9 Å². The summed E-state index contributed by atoms with van der Waals surface area (Å²) < 4.78 is 5.60. The number of fused-ring (bicyclic) bond motifs is 1. The van der Waals surface area contributed by atoms with Gasteiger partial charge in [0.2, 0.25) is 5.91 Å². The Morgan fingerprint density at radius 2 is 1.72 bits per heavy atom. The molecule has 3 rings (SSSR count). The zero-order valence-electron chi connectivity index (χ0n) is 22.1. The van der Waals surface area contributed by atoms with Crippen molar-refractivity contribution in [2.24, 2.45) is 5.92 Å². The Labute approximate surface area is 215 Å². The Morgan fingerprint density at radius 3 is 2.36 bits per heavy atom. The molecule has 200 valence electrons. The Bertz CT molecular complexity index is 897. The van der Waals surface area contributed by atoms with Crippen LogP contribution in [0.5, 0.6) is 0 Å². The molecule has 0 aromatic heterocycles. The van der Waals surface area contributed by atoms with E-state index >= 15 is 0 Å². The number of carboxylic acids is 1. The van der Waals surface area contributed by atoms with Crippen LogP contribution in [0, 0.1) is 5.92 Å². The second kappa shape index (κ2) is 13.7. The van der Waals surface area contributed by atoms with Gasteiger partial charge in [-0.2, -0.15) is 0 Å². The number of benzene rings is 1. The van der Waals surface area contributed by atoms with Gasteiger partial charge in [-0.25, -0.2) is 4.79 Å². The van der Waals surface area contributed by atoms with E-state index in [1.54, 1.807) is 13.0 Å². The summed E-state index contributed by atoms with van der Waals surface area (Å²) in [6, 6.07) is 4.89. The minimum absolute atomic E-state index is 0.00833. The number of rotatable bonds is 6. The van der Waals surface area contributed by atoms with Gasteiger partial charge < -0.3 is 20.1 Å². The Morgan fingerprint density at radius 1 is 1.06 bits per heavy atom. The average Bonchev–Trinajstić information content (AvgIpc) is 2.83. The van der Waals surface area contributed by atoms with E-state index in [1.807, 2.05) is 30.9 Å². The molecule has 0 unspecified atom stereocenters. The van der Waals surface area contributed by atoms with Crippen LogP contribution >= 0.6 is 0 Å². The lowest BCUT2D eigenvalue weighted by Crippen LogP contribution is -2.42. The summed E-state index contributed by atoms with van der Waals surface area (Å²) in [5.74, 6) is -1.30. The van der Waals surface area contributed by atoms with Crippen LogP contribution in [0.3, 0.4) is 0 Å². The summed E-state index contributed by atoms with van der Waals surface area (Å²) in [5, 5.41) is 12.3. The number of nitrogens with one attached hydrogen (secondary N) is 1. The molecule has 2 heterocycles. The Balaban J connectivity index is 1.95. The summed E-state index contributed by atoms with van der Waals surface area (Å²) in [6.07, 6.45) is 7.80. The number of nitrogens with zero attached hydrogens (tertiary/aromatic N) is 2. The highest BCUT2D eigenvalue weighted by molar-refractivity contribution is 5.98. The van der Waals surface area contributed by atoms with Crippen molar-refractivity contribution in [3.63, 3.8) is 0 Å². The van der Waals surface area contributed by atoms with Crippen molar-refractivity contribution in [1.82, 2.24) is 10.2 Å². The van der Waals surface area contributed by atoms with Crippen LogP contribution in [0.1, 0.15) is 88.1 Å². The maximum Gasteiger partial charge on any atom is 0.326 e. The van der Waals surface area contributed by atoms with E-state index in [0.717, 1.165) is 63.1 Å². The number of amides is 2. The van der Waals surface area contributed by atoms with Gasteiger partial charge in [0.25, 0.3) is 5.91 Å². The van der Waals surface area contributed by atoms with Crippen molar-refractivity contribution in [2.75, 3.05) is 31.2 Å². The van der Waals surface area contributed by atoms with Crippen molar-refractivity contribution in [2.45, 2.75) is 90.8 Å². The Hall–Kier alpha value is -2.45. The van der Waals surface area contributed by atoms with Crippen molar-refractivity contribution in [1.29, 1.82) is 0 Å². The van der Waals surface area contributed by atoms with Crippen molar-refractivity contribution >= 4 is 23.5 Å². The number of anilines is 1. The highest BCUT2D eigenvalue weighted by Gasteiger charge is 2.26. The molecule has 2 N–H and O–H groups in total. The highest BCUT2D eigenvalue weighted by atomic mass is 16.5. The van der Waals surface area contributed by atoms with E-state index in [9.17, 15) is 19.5 Å². The van der Waals surface area contributed by atoms with Crippen molar-refractivity contribution in [3.05, 3.63) is 29.3 Å². The topological polar surface area (TPSA) is 99.2 Å². The molecule has 0 aliphatic carbocycles. The summed E-state index contributed by atoms with van der Waals surface area (Å²) >= 11 is 0. The summed E-state index contributed by atoms with van der Waals surface area (Å²) in [7, 11) is 0. The predicted molar refractivity (Wildman–Crippen MR) is 140 cm³/mol. The fraction of sp³-hybridized carbons (Fsp3) is 0.679. The second-order valence-corrected chi connectivity index (χ2v) is 10.6. The van der Waals surface area contributed by atoms with E-state index in [1.165, 1.54) is 12.8 Å². The summed E-state index contributed by atoms with van der Waals surface area (Å²) in [5.41, 5.74) is 2.19. The molecule has 0 saturated carbocycles. The molecule has 2 aliphatic rings. The van der Waals surface area contributed by atoms with Crippen molar-refractivity contribution in [3.8, 4) is 0 Å². The first-order chi connectivity index (χ1) is 17.3. The molecule has 8 heteroatoms. The van der Waals surface area contributed by atoms with Gasteiger partial charge in [0.05, 0.1) is 0 Å². The first-order valence-electron chi connectivity index (χ1n) is 13.5. The first-order valence-corrected chi connectivity index (χ1v) is 13.5. The molecule has 2 amide bonds. The molecular formula is C28H43N3O5. The van der Waals surface area contributed by atoms with Gasteiger partial charge in [0, 0.05) is 50.5 Å². The summed E-state index contributed by atoms with van der Waals surface area (Å²) in [4.78, 5) is 41.8. The number of carbonyl (C=O) groups excluding carboxylic acids is 2. The van der Waals surface area contributed by atoms with E-state index in [4.69, 9.17) is 4.74 Å². The molecule has 1 aromatic rings. The molecule has 1 fully saturated rings. The van der Waals surface area contributed by atoms with Crippen molar-refractivity contribution < 1.29 is 24.2 Å². The monoisotopic (exact) mass is 501 g/mol. The van der Waals surface area contributed by atoms with E-state index < -0.39 is 17.9 Å². The zero-order valence-corrected chi connectivity index (χ0v) is 22.1. The molecule has 0 spiro atoms. The average molecular weight is 502 g/mol. The predicted octanol–water partition coefficient (Wildman–Crippen LogP) is 4.21. The first kappa shape index (κ1) is 28.1. The van der Waals surface area contributed by atoms with Gasteiger partial charge in [-0.05, 0) is 68.3 Å². The minimum Gasteiger partial charge on any atom is -0.480 e. The number of hydrogen-bond acceptors (Lipinski definition) is 5. The second-order valence-electron chi connectivity index (χ2n) is 10.6. The minimum atomic E-state index is -1.03. The fourth-order valence-corrected chi connectivity index (χ4v) is 5.27. The molecule has 1 aromatic carbocycles. The normalized spacial score (nSPS) is 19.6. The van der Waals surface area contributed by atoms with E-state index in [0.29, 0.717) is 31.1 Å². The smallest absolute Gasteiger partial charge is 0.326 e. The Kier molecular flexibility index (Phi) is 10.7. The summed E-state index contributed by atoms with van der Waals surface area (Å²) in [6.45, 7) is 9.23. The number of carboxylic acid groups (broad SMARTS) is 1. The lowest BCUT2D eigenvalue weighted by atomic mass is 10.00. The number of ether oxygens (including phenoxy) is 1. The number of carbonyl (C=O) groups is 3. The third-order valence-electron chi connectivity index (χ3n) is 7.23. The van der Waals surface area contributed by atoms with Crippen LogP contribution in [0.25, 0.3) is 0 Å². The molecule has 8 nitrogen and oxygen atoms in total. The fourth-order valence-electron chi connectivity index (χ4n) is 5.27. The molecule has 1 saturated heterocycles. The highest BCUT2D eigenvalue weighted by Crippen LogP contribution is 2.28. The van der Waals surface area contributed by atoms with Crippen LogP contribution in [-0.4, -0.2) is 66.2 Å². The molecule has 36 heavy (non-hydrogen) atoms. The van der Waals surface area contributed by atoms with E-state index in [-0.39, 0.29) is 11.8 Å². The number of aliphatic carboxylic acids is 1. The van der Waals surface area contributed by atoms with Crippen LogP contribution in [0.2, 0.25) is 0 Å². The van der Waals surface area contributed by atoms with Gasteiger partial charge in [-0.1, -0.05) is 33.1 Å². The molecule has 2 aliphatic heterocycles. The van der Waals surface area contributed by atoms with Gasteiger partial charge in [0.1, 0.15) is 6.04 Å². The maximum atomic E-state index is 13.1. The maximum absolute atomic E-state index is 13.1. The van der Waals surface area contributed by atoms with Gasteiger partial charge in [-0.15, -0.1) is 0 Å². The van der Waals surface area contributed by atoms with Crippen LogP contribution in [0.4, 0.5) is 5.69 Å².